The van der Waals surface area contributed by atoms with Gasteiger partial charge >= 0.3 is 0 Å². The van der Waals surface area contributed by atoms with E-state index in [0.717, 1.165) is 62.2 Å². The van der Waals surface area contributed by atoms with Gasteiger partial charge in [0.05, 0.1) is 39.0 Å². The van der Waals surface area contributed by atoms with Crippen molar-refractivity contribution in [1.29, 1.82) is 0 Å². The van der Waals surface area contributed by atoms with Gasteiger partial charge in [-0.3, -0.25) is 14.6 Å². The minimum absolute atomic E-state index is 0.0305. The van der Waals surface area contributed by atoms with E-state index in [1.165, 1.54) is 17.4 Å². The maximum Gasteiger partial charge on any atom is 0.261 e. The topological polar surface area (TPSA) is 110 Å². The molecule has 2 amide bonds. The molecule has 0 saturated carbocycles. The second-order valence-corrected chi connectivity index (χ2v) is 14.0. The zero-order chi connectivity index (χ0) is 32.2. The van der Waals surface area contributed by atoms with Crippen LogP contribution in [0.4, 0.5) is 8.78 Å². The first-order chi connectivity index (χ1) is 22.1. The van der Waals surface area contributed by atoms with E-state index in [0.29, 0.717) is 62.7 Å². The first kappa shape index (κ1) is 30.6. The predicted molar refractivity (Wildman–Crippen MR) is 167 cm³/mol. The molecule has 0 aliphatic carbocycles. The van der Waals surface area contributed by atoms with Crippen molar-refractivity contribution < 1.29 is 27.5 Å². The van der Waals surface area contributed by atoms with E-state index in [1.54, 1.807) is 13.0 Å². The lowest BCUT2D eigenvalue weighted by Gasteiger charge is -2.35. The van der Waals surface area contributed by atoms with Gasteiger partial charge in [-0.15, -0.1) is 21.5 Å². The molecule has 0 bridgehead atoms. The number of aromatic nitrogens is 3. The number of fused-ring (bicyclic) bond motifs is 3. The van der Waals surface area contributed by atoms with Crippen LogP contribution in [0.25, 0.3) is 21.9 Å². The first-order valence-corrected chi connectivity index (χ1v) is 16.5. The number of benzene rings is 1. The summed E-state index contributed by atoms with van der Waals surface area (Å²) in [6.45, 7) is 7.40. The van der Waals surface area contributed by atoms with Crippen molar-refractivity contribution >= 4 is 23.2 Å². The number of hydrogen-bond acceptors (Lipinski definition) is 8. The SMILES string of the molecule is Cc1nnc(-c2c(CCC3CCOC(C)(C)C3)nc3c(c2-c2ccc(C(=O)NCc4ccc(F)c(F)c4)s2)C(=O)N2CCC[C@H]32)o1. The van der Waals surface area contributed by atoms with E-state index in [1.807, 2.05) is 11.0 Å². The third-order valence-electron chi connectivity index (χ3n) is 9.19. The minimum atomic E-state index is -0.970. The second-order valence-electron chi connectivity index (χ2n) is 13.0. The molecule has 0 spiro atoms. The quantitative estimate of drug-likeness (QED) is 0.224. The summed E-state index contributed by atoms with van der Waals surface area (Å²) in [7, 11) is 0. The molecule has 1 unspecified atom stereocenters. The smallest absolute Gasteiger partial charge is 0.261 e. The van der Waals surface area contributed by atoms with Crippen LogP contribution in [0, 0.1) is 24.5 Å². The molecule has 1 N–H and O–H groups in total. The average molecular weight is 648 g/mol. The van der Waals surface area contributed by atoms with Crippen molar-refractivity contribution in [3.05, 3.63) is 75.2 Å². The predicted octanol–water partition coefficient (Wildman–Crippen LogP) is 6.81. The summed E-state index contributed by atoms with van der Waals surface area (Å²) < 4.78 is 39.0. The Bertz CT molecular complexity index is 1840. The zero-order valence-electron chi connectivity index (χ0n) is 26.0. The molecule has 3 aromatic heterocycles. The Balaban J connectivity index is 1.28. The molecule has 12 heteroatoms. The Labute approximate surface area is 269 Å². The number of carbonyl (C=O) groups is 2. The van der Waals surface area contributed by atoms with Crippen LogP contribution in [0.2, 0.25) is 0 Å². The number of carbonyl (C=O) groups excluding carboxylic acids is 2. The maximum atomic E-state index is 14.0. The lowest BCUT2D eigenvalue weighted by molar-refractivity contribution is -0.0734. The highest BCUT2D eigenvalue weighted by molar-refractivity contribution is 7.17. The summed E-state index contributed by atoms with van der Waals surface area (Å²) in [5.74, 6) is -1.21. The highest BCUT2D eigenvalue weighted by Crippen LogP contribution is 2.49. The van der Waals surface area contributed by atoms with Crippen LogP contribution in [-0.2, 0) is 17.7 Å². The standard InChI is InChI=1S/C34H35F2N5O4S/c1-18-39-40-32(45-18)27-23(9-7-19-12-14-44-34(2,3)16-19)38-30-24-5-4-13-41(24)33(43)29(30)28(27)25-10-11-26(46-25)31(42)37-17-20-6-8-21(35)22(36)15-20/h6,8,10-11,15,19,24H,4-5,7,9,12-14,16-17H2,1-3H3,(H,37,42)/t19?,24-/m1/s1. The fourth-order valence-electron chi connectivity index (χ4n) is 7.06. The molecule has 6 heterocycles. The van der Waals surface area contributed by atoms with Gasteiger partial charge in [0.2, 0.25) is 11.8 Å². The van der Waals surface area contributed by atoms with Crippen molar-refractivity contribution in [2.45, 2.75) is 77.5 Å². The molecule has 46 heavy (non-hydrogen) atoms. The van der Waals surface area contributed by atoms with Crippen molar-refractivity contribution in [1.82, 2.24) is 25.4 Å². The highest BCUT2D eigenvalue weighted by Gasteiger charge is 2.45. The van der Waals surface area contributed by atoms with Crippen LogP contribution >= 0.6 is 11.3 Å². The minimum Gasteiger partial charge on any atom is -0.421 e. The molecule has 2 atom stereocenters. The summed E-state index contributed by atoms with van der Waals surface area (Å²) in [6, 6.07) is 6.99. The van der Waals surface area contributed by atoms with Gasteiger partial charge in [-0.2, -0.15) is 0 Å². The Morgan fingerprint density at radius 3 is 2.72 bits per heavy atom. The lowest BCUT2D eigenvalue weighted by atomic mass is 9.84. The van der Waals surface area contributed by atoms with Crippen molar-refractivity contribution in [3.8, 4) is 21.9 Å². The van der Waals surface area contributed by atoms with E-state index < -0.39 is 11.6 Å². The molecule has 1 aromatic carbocycles. The molecule has 7 rings (SSSR count). The Morgan fingerprint density at radius 2 is 1.96 bits per heavy atom. The van der Waals surface area contributed by atoms with Crippen LogP contribution in [0.3, 0.4) is 0 Å². The Kier molecular flexibility index (Phi) is 7.96. The highest BCUT2D eigenvalue weighted by atomic mass is 32.1. The van der Waals surface area contributed by atoms with Crippen molar-refractivity contribution in [2.24, 2.45) is 5.92 Å². The van der Waals surface area contributed by atoms with Gasteiger partial charge in [0.15, 0.2) is 11.6 Å². The summed E-state index contributed by atoms with van der Waals surface area (Å²) in [5, 5.41) is 11.3. The van der Waals surface area contributed by atoms with E-state index in [9.17, 15) is 18.4 Å². The zero-order valence-corrected chi connectivity index (χ0v) is 26.8. The average Bonchev–Trinajstić information content (AvgIpc) is 3.83. The number of halogens is 2. The van der Waals surface area contributed by atoms with E-state index in [-0.39, 0.29) is 30.0 Å². The van der Waals surface area contributed by atoms with Crippen LogP contribution in [0.1, 0.15) is 94.9 Å². The van der Waals surface area contributed by atoms with Gasteiger partial charge in [0, 0.05) is 37.1 Å². The van der Waals surface area contributed by atoms with Gasteiger partial charge in [-0.1, -0.05) is 6.07 Å². The number of hydrogen-bond donors (Lipinski definition) is 1. The molecule has 0 radical (unpaired) electrons. The van der Waals surface area contributed by atoms with Crippen LogP contribution in [0.15, 0.2) is 34.7 Å². The molecule has 3 aliphatic rings. The van der Waals surface area contributed by atoms with Crippen LogP contribution in [-0.4, -0.2) is 50.6 Å². The van der Waals surface area contributed by atoms with Crippen LogP contribution < -0.4 is 5.32 Å². The van der Waals surface area contributed by atoms with Gasteiger partial charge in [-0.25, -0.2) is 8.78 Å². The number of aryl methyl sites for hydroxylation is 2. The summed E-state index contributed by atoms with van der Waals surface area (Å²) in [6.07, 6.45) is 5.24. The van der Waals surface area contributed by atoms with Crippen molar-refractivity contribution in [3.63, 3.8) is 0 Å². The number of nitrogens with zero attached hydrogens (tertiary/aromatic N) is 4. The van der Waals surface area contributed by atoms with E-state index >= 15 is 0 Å². The fourth-order valence-corrected chi connectivity index (χ4v) is 8.04. The number of ether oxygens (including phenoxy) is 1. The number of rotatable bonds is 8. The number of nitrogens with one attached hydrogen (secondary N) is 1. The van der Waals surface area contributed by atoms with Crippen molar-refractivity contribution in [2.75, 3.05) is 13.2 Å². The summed E-state index contributed by atoms with van der Waals surface area (Å²) in [5.41, 5.74) is 3.67. The first-order valence-electron chi connectivity index (χ1n) is 15.7. The van der Waals surface area contributed by atoms with Gasteiger partial charge < -0.3 is 19.4 Å². The second kappa shape index (κ2) is 12.0. The Morgan fingerprint density at radius 1 is 1.11 bits per heavy atom. The molecule has 3 aliphatic heterocycles. The normalized spacial score (nSPS) is 20.2. The number of amides is 2. The fraction of sp³-hybridized carbons (Fsp3) is 0.441. The monoisotopic (exact) mass is 647 g/mol. The van der Waals surface area contributed by atoms with E-state index in [2.05, 4.69) is 29.4 Å². The summed E-state index contributed by atoms with van der Waals surface area (Å²) >= 11 is 1.25. The molecular formula is C34H35F2N5O4S. The van der Waals surface area contributed by atoms with Gasteiger partial charge in [-0.05, 0) is 88.1 Å². The Hall–Kier alpha value is -4.03. The van der Waals surface area contributed by atoms with Crippen LogP contribution in [0.5, 0.6) is 0 Å². The largest absolute Gasteiger partial charge is 0.421 e. The summed E-state index contributed by atoms with van der Waals surface area (Å²) in [4.78, 5) is 35.4. The number of pyridine rings is 1. The van der Waals surface area contributed by atoms with E-state index in [4.69, 9.17) is 14.1 Å². The van der Waals surface area contributed by atoms with Gasteiger partial charge in [0.25, 0.3) is 11.8 Å². The van der Waals surface area contributed by atoms with Gasteiger partial charge in [0.1, 0.15) is 0 Å². The molecule has 240 valence electrons. The molecule has 9 nitrogen and oxygen atoms in total. The molecular weight excluding hydrogens is 612 g/mol. The maximum absolute atomic E-state index is 14.0. The third-order valence-corrected chi connectivity index (χ3v) is 10.3. The third kappa shape index (κ3) is 5.72. The number of thiophene rings is 1. The lowest BCUT2D eigenvalue weighted by Crippen LogP contribution is -2.34. The molecule has 2 saturated heterocycles. The molecule has 4 aromatic rings. The molecule has 2 fully saturated rings.